The second-order valence-corrected chi connectivity index (χ2v) is 6.97. The number of hydrogen-bond donors (Lipinski definition) is 0. The first-order valence-corrected chi connectivity index (χ1v) is 10.4. The first-order chi connectivity index (χ1) is 12.3. The topological polar surface area (TPSA) is 30.0 Å². The van der Waals surface area contributed by atoms with E-state index in [0.717, 1.165) is 12.8 Å². The summed E-state index contributed by atoms with van der Waals surface area (Å²) < 4.78 is 0. The van der Waals surface area contributed by atoms with Crippen molar-refractivity contribution in [1.29, 1.82) is 0 Å². The second-order valence-electron chi connectivity index (χ2n) is 6.97. The highest BCUT2D eigenvalue weighted by atomic mass is 16.1. The summed E-state index contributed by atoms with van der Waals surface area (Å²) in [5.41, 5.74) is 0.609. The van der Waals surface area contributed by atoms with E-state index < -0.39 is 0 Å². The molecule has 1 aromatic heterocycles. The number of pyridine rings is 1. The van der Waals surface area contributed by atoms with Gasteiger partial charge in [0, 0.05) is 12.6 Å². The number of unbranched alkanes of at least 4 members (excludes halogenated alkanes) is 11. The Hall–Kier alpha value is -1.44. The molecule has 140 valence electrons. The maximum Gasteiger partial charge on any atom is 0.181 e. The summed E-state index contributed by atoms with van der Waals surface area (Å²) in [5.74, 6) is 0.179. The molecule has 0 bridgehead atoms. The molecule has 1 heterocycles. The number of nitrogens with zero attached hydrogens (tertiary/aromatic N) is 1. The van der Waals surface area contributed by atoms with Crippen molar-refractivity contribution in [1.82, 2.24) is 4.98 Å². The molecular formula is C23H37NO. The molecule has 0 spiro atoms. The van der Waals surface area contributed by atoms with E-state index in [2.05, 4.69) is 24.1 Å². The van der Waals surface area contributed by atoms with Crippen LogP contribution >= 0.6 is 0 Å². The number of carbonyl (C=O) groups excluding carboxylic acids is 1. The standard InChI is InChI=1S/C23H37NO/c1-2-3-4-5-6-7-8-9-10-11-12-13-14-15-16-20-23(25)22-19-17-18-21-24-22/h9-10,17-19,21H,2-8,11-16,20H2,1H3/b10-9-. The third-order valence-corrected chi connectivity index (χ3v) is 4.62. The molecule has 0 radical (unpaired) electrons. The first kappa shape index (κ1) is 21.6. The number of Topliss-reactive ketones (excluding diaryl/α,β-unsaturated/α-hetero) is 1. The van der Waals surface area contributed by atoms with Crippen molar-refractivity contribution in [2.45, 2.75) is 96.8 Å². The molecule has 25 heavy (non-hydrogen) atoms. The Balaban J connectivity index is 1.84. The Morgan fingerprint density at radius 3 is 2.04 bits per heavy atom. The van der Waals surface area contributed by atoms with Gasteiger partial charge in [0.2, 0.25) is 0 Å². The van der Waals surface area contributed by atoms with Crippen LogP contribution in [0.25, 0.3) is 0 Å². The van der Waals surface area contributed by atoms with Gasteiger partial charge in [0.1, 0.15) is 5.69 Å². The number of aromatic nitrogens is 1. The molecule has 0 unspecified atom stereocenters. The SMILES string of the molecule is CCCCCCCC/C=C\CCCCCCCC(=O)c1ccccn1. The minimum Gasteiger partial charge on any atom is -0.292 e. The van der Waals surface area contributed by atoms with Crippen LogP contribution in [0.1, 0.15) is 107 Å². The minimum atomic E-state index is 0.179. The van der Waals surface area contributed by atoms with Gasteiger partial charge in [0.05, 0.1) is 0 Å². The summed E-state index contributed by atoms with van der Waals surface area (Å²) in [6.07, 6.45) is 23.7. The third kappa shape index (κ3) is 12.6. The van der Waals surface area contributed by atoms with E-state index in [9.17, 15) is 4.79 Å². The summed E-state index contributed by atoms with van der Waals surface area (Å²) in [6.45, 7) is 2.27. The maximum absolute atomic E-state index is 11.9. The molecule has 0 aliphatic carbocycles. The van der Waals surface area contributed by atoms with Crippen molar-refractivity contribution in [3.05, 3.63) is 42.2 Å². The number of rotatable bonds is 16. The molecule has 0 saturated carbocycles. The van der Waals surface area contributed by atoms with E-state index in [4.69, 9.17) is 0 Å². The van der Waals surface area contributed by atoms with Gasteiger partial charge in [-0.05, 0) is 44.2 Å². The van der Waals surface area contributed by atoms with Gasteiger partial charge in [-0.15, -0.1) is 0 Å². The average Bonchev–Trinajstić information content (AvgIpc) is 2.65. The third-order valence-electron chi connectivity index (χ3n) is 4.62. The van der Waals surface area contributed by atoms with E-state index in [1.807, 2.05) is 12.1 Å². The van der Waals surface area contributed by atoms with Gasteiger partial charge in [-0.25, -0.2) is 0 Å². The highest BCUT2D eigenvalue weighted by molar-refractivity contribution is 5.94. The maximum atomic E-state index is 11.9. The molecule has 0 saturated heterocycles. The van der Waals surface area contributed by atoms with Crippen LogP contribution in [0.4, 0.5) is 0 Å². The van der Waals surface area contributed by atoms with Crippen LogP contribution in [0.5, 0.6) is 0 Å². The number of allylic oxidation sites excluding steroid dienone is 2. The zero-order valence-electron chi connectivity index (χ0n) is 16.2. The molecule has 0 aliphatic heterocycles. The summed E-state index contributed by atoms with van der Waals surface area (Å²) in [7, 11) is 0. The number of carbonyl (C=O) groups is 1. The Kier molecular flexibility index (Phi) is 13.9. The summed E-state index contributed by atoms with van der Waals surface area (Å²) >= 11 is 0. The molecule has 0 atom stereocenters. The van der Waals surface area contributed by atoms with Crippen LogP contribution < -0.4 is 0 Å². The molecular weight excluding hydrogens is 306 g/mol. The largest absolute Gasteiger partial charge is 0.292 e. The fraction of sp³-hybridized carbons (Fsp3) is 0.652. The molecule has 0 fully saturated rings. The number of ketones is 1. The van der Waals surface area contributed by atoms with Gasteiger partial charge in [-0.1, -0.05) is 76.5 Å². The van der Waals surface area contributed by atoms with Crippen molar-refractivity contribution in [2.75, 3.05) is 0 Å². The van der Waals surface area contributed by atoms with Crippen LogP contribution in [0.3, 0.4) is 0 Å². The van der Waals surface area contributed by atoms with Gasteiger partial charge in [-0.2, -0.15) is 0 Å². The summed E-state index contributed by atoms with van der Waals surface area (Å²) in [5, 5.41) is 0. The monoisotopic (exact) mass is 343 g/mol. The molecule has 1 aromatic rings. The lowest BCUT2D eigenvalue weighted by molar-refractivity contribution is 0.0974. The molecule has 2 nitrogen and oxygen atoms in total. The molecule has 0 aliphatic rings. The predicted molar refractivity (Wildman–Crippen MR) is 108 cm³/mol. The molecule has 1 rings (SSSR count). The molecule has 0 aromatic carbocycles. The lowest BCUT2D eigenvalue weighted by Crippen LogP contribution is -2.01. The summed E-state index contributed by atoms with van der Waals surface area (Å²) in [4.78, 5) is 16.0. The van der Waals surface area contributed by atoms with Crippen LogP contribution in [-0.2, 0) is 0 Å². The predicted octanol–water partition coefficient (Wildman–Crippen LogP) is 7.30. The second kappa shape index (κ2) is 16.1. The van der Waals surface area contributed by atoms with E-state index in [-0.39, 0.29) is 5.78 Å². The van der Waals surface area contributed by atoms with Crippen molar-refractivity contribution in [3.63, 3.8) is 0 Å². The first-order valence-electron chi connectivity index (χ1n) is 10.4. The van der Waals surface area contributed by atoms with Gasteiger partial charge in [0.25, 0.3) is 0 Å². The minimum absolute atomic E-state index is 0.179. The van der Waals surface area contributed by atoms with Crippen molar-refractivity contribution in [2.24, 2.45) is 0 Å². The van der Waals surface area contributed by atoms with Gasteiger partial charge >= 0.3 is 0 Å². The van der Waals surface area contributed by atoms with Crippen LogP contribution in [-0.4, -0.2) is 10.8 Å². The Labute approximate surface area is 155 Å². The normalized spacial score (nSPS) is 11.2. The number of hydrogen-bond acceptors (Lipinski definition) is 2. The summed E-state index contributed by atoms with van der Waals surface area (Å²) in [6, 6.07) is 5.53. The van der Waals surface area contributed by atoms with E-state index in [1.165, 1.54) is 70.6 Å². The smallest absolute Gasteiger partial charge is 0.181 e. The Morgan fingerprint density at radius 1 is 0.840 bits per heavy atom. The van der Waals surface area contributed by atoms with Gasteiger partial charge < -0.3 is 0 Å². The van der Waals surface area contributed by atoms with Gasteiger partial charge in [-0.3, -0.25) is 9.78 Å². The molecule has 0 amide bonds. The van der Waals surface area contributed by atoms with Crippen LogP contribution in [0, 0.1) is 0 Å². The zero-order valence-corrected chi connectivity index (χ0v) is 16.2. The van der Waals surface area contributed by atoms with E-state index >= 15 is 0 Å². The fourth-order valence-electron chi connectivity index (χ4n) is 3.01. The Bertz CT molecular complexity index is 452. The van der Waals surface area contributed by atoms with Gasteiger partial charge in [0.15, 0.2) is 5.78 Å². The van der Waals surface area contributed by atoms with Crippen LogP contribution in [0.15, 0.2) is 36.5 Å². The quantitative estimate of drug-likeness (QED) is 0.179. The molecule has 0 N–H and O–H groups in total. The van der Waals surface area contributed by atoms with Crippen molar-refractivity contribution in [3.8, 4) is 0 Å². The lowest BCUT2D eigenvalue weighted by Gasteiger charge is -2.01. The average molecular weight is 344 g/mol. The van der Waals surface area contributed by atoms with E-state index in [1.54, 1.807) is 12.3 Å². The fourth-order valence-corrected chi connectivity index (χ4v) is 3.01. The van der Waals surface area contributed by atoms with Crippen LogP contribution in [0.2, 0.25) is 0 Å². The highest BCUT2D eigenvalue weighted by Gasteiger charge is 2.05. The lowest BCUT2D eigenvalue weighted by atomic mass is 10.1. The van der Waals surface area contributed by atoms with Crippen molar-refractivity contribution < 1.29 is 4.79 Å². The highest BCUT2D eigenvalue weighted by Crippen LogP contribution is 2.11. The van der Waals surface area contributed by atoms with Crippen molar-refractivity contribution >= 4 is 5.78 Å². The Morgan fingerprint density at radius 2 is 1.44 bits per heavy atom. The van der Waals surface area contributed by atoms with E-state index in [0.29, 0.717) is 12.1 Å². The molecule has 2 heteroatoms. The zero-order chi connectivity index (χ0) is 18.0.